The van der Waals surface area contributed by atoms with E-state index < -0.39 is 10.8 Å². The molecule has 17 heavy (non-hydrogen) atoms. The first kappa shape index (κ1) is 14.4. The van der Waals surface area contributed by atoms with E-state index in [-0.39, 0.29) is 17.6 Å². The maximum Gasteiger partial charge on any atom is 0.162 e. The number of carbonyl (C=O) groups excluding carboxylic acids is 2. The fraction of sp³-hybridized carbons (Fsp3) is 0.857. The van der Waals surface area contributed by atoms with Crippen molar-refractivity contribution in [2.45, 2.75) is 66.5 Å². The molecule has 0 aliphatic heterocycles. The van der Waals surface area contributed by atoms with Gasteiger partial charge in [0.1, 0.15) is 0 Å². The number of nitrogens with one attached hydrogen (secondary N) is 1. The van der Waals surface area contributed by atoms with E-state index in [2.05, 4.69) is 19.2 Å². The molecule has 1 aliphatic carbocycles. The van der Waals surface area contributed by atoms with Crippen LogP contribution in [-0.4, -0.2) is 23.7 Å². The number of carbonyl (C=O) groups is 2. The monoisotopic (exact) mass is 239 g/mol. The Balaban J connectivity index is 2.95. The van der Waals surface area contributed by atoms with Gasteiger partial charge in [-0.3, -0.25) is 9.59 Å². The van der Waals surface area contributed by atoms with E-state index in [0.29, 0.717) is 12.5 Å². The maximum absolute atomic E-state index is 12.3. The van der Waals surface area contributed by atoms with Gasteiger partial charge in [-0.1, -0.05) is 20.8 Å². The van der Waals surface area contributed by atoms with Crippen molar-refractivity contribution in [3.8, 4) is 0 Å². The van der Waals surface area contributed by atoms with Crippen LogP contribution < -0.4 is 5.32 Å². The van der Waals surface area contributed by atoms with Crippen molar-refractivity contribution < 1.29 is 9.59 Å². The highest BCUT2D eigenvalue weighted by molar-refractivity contribution is 6.12. The summed E-state index contributed by atoms with van der Waals surface area (Å²) in [7, 11) is 0. The third-order valence-electron chi connectivity index (χ3n) is 3.93. The Morgan fingerprint density at radius 2 is 1.82 bits per heavy atom. The molecule has 3 heteroatoms. The van der Waals surface area contributed by atoms with Gasteiger partial charge in [0.15, 0.2) is 11.6 Å². The van der Waals surface area contributed by atoms with Crippen LogP contribution in [0, 0.1) is 10.8 Å². The summed E-state index contributed by atoms with van der Waals surface area (Å²) >= 11 is 0. The largest absolute Gasteiger partial charge is 0.305 e. The topological polar surface area (TPSA) is 46.2 Å². The van der Waals surface area contributed by atoms with Gasteiger partial charge < -0.3 is 5.32 Å². The Bertz CT molecular complexity index is 331. The van der Waals surface area contributed by atoms with E-state index in [4.69, 9.17) is 0 Å². The lowest BCUT2D eigenvalue weighted by atomic mass is 9.61. The minimum atomic E-state index is -0.854. The molecule has 0 radical (unpaired) electrons. The highest BCUT2D eigenvalue weighted by Gasteiger charge is 2.52. The third-order valence-corrected chi connectivity index (χ3v) is 3.93. The van der Waals surface area contributed by atoms with Gasteiger partial charge in [-0.15, -0.1) is 0 Å². The second kappa shape index (κ2) is 4.52. The molecule has 0 bridgehead atoms. The maximum atomic E-state index is 12.3. The second-order valence-electron chi connectivity index (χ2n) is 6.43. The molecule has 98 valence electrons. The Morgan fingerprint density at radius 3 is 2.29 bits per heavy atom. The number of ketones is 2. The molecule has 1 N–H and O–H groups in total. The first-order valence-electron chi connectivity index (χ1n) is 6.48. The first-order valence-corrected chi connectivity index (χ1v) is 6.48. The normalized spacial score (nSPS) is 29.2. The summed E-state index contributed by atoms with van der Waals surface area (Å²) in [6.45, 7) is 11.5. The van der Waals surface area contributed by atoms with Crippen molar-refractivity contribution >= 4 is 11.6 Å². The molecular weight excluding hydrogens is 214 g/mol. The SMILES string of the molecule is CCC(C)NC1CC(C)(C)C(=O)C(C)(C)C1=O. The van der Waals surface area contributed by atoms with Gasteiger partial charge in [0.25, 0.3) is 0 Å². The molecular formula is C14H25NO2. The number of Topliss-reactive ketones (excluding diaryl/α,β-unsaturated/α-hetero) is 2. The highest BCUT2D eigenvalue weighted by atomic mass is 16.2. The fourth-order valence-corrected chi connectivity index (χ4v) is 2.69. The van der Waals surface area contributed by atoms with Crippen molar-refractivity contribution in [2.24, 2.45) is 10.8 Å². The first-order chi connectivity index (χ1) is 7.63. The molecule has 1 saturated carbocycles. The molecule has 2 atom stereocenters. The van der Waals surface area contributed by atoms with Gasteiger partial charge in [0.2, 0.25) is 0 Å². The zero-order valence-corrected chi connectivity index (χ0v) is 11.9. The molecule has 0 aromatic heterocycles. The van der Waals surface area contributed by atoms with E-state index in [1.807, 2.05) is 13.8 Å². The van der Waals surface area contributed by atoms with E-state index >= 15 is 0 Å². The molecule has 0 aromatic rings. The average Bonchev–Trinajstić information content (AvgIpc) is 2.23. The Morgan fingerprint density at radius 1 is 1.29 bits per heavy atom. The number of hydrogen-bond acceptors (Lipinski definition) is 3. The lowest BCUT2D eigenvalue weighted by molar-refractivity contribution is -0.151. The summed E-state index contributed by atoms with van der Waals surface area (Å²) in [6.07, 6.45) is 1.59. The van der Waals surface area contributed by atoms with E-state index in [1.165, 1.54) is 0 Å². The van der Waals surface area contributed by atoms with Crippen LogP contribution in [0.2, 0.25) is 0 Å². The average molecular weight is 239 g/mol. The van der Waals surface area contributed by atoms with Crippen molar-refractivity contribution in [1.29, 1.82) is 0 Å². The molecule has 0 amide bonds. The molecule has 3 nitrogen and oxygen atoms in total. The second-order valence-corrected chi connectivity index (χ2v) is 6.43. The Kier molecular flexibility index (Phi) is 3.82. The lowest BCUT2D eigenvalue weighted by Crippen LogP contribution is -2.59. The van der Waals surface area contributed by atoms with Gasteiger partial charge in [-0.05, 0) is 33.6 Å². The molecule has 0 spiro atoms. The smallest absolute Gasteiger partial charge is 0.162 e. The van der Waals surface area contributed by atoms with Crippen molar-refractivity contribution in [1.82, 2.24) is 5.32 Å². The quantitative estimate of drug-likeness (QED) is 0.769. The number of rotatable bonds is 3. The van der Waals surface area contributed by atoms with Crippen LogP contribution in [0.5, 0.6) is 0 Å². The minimum absolute atomic E-state index is 0.0436. The molecule has 0 heterocycles. The van der Waals surface area contributed by atoms with Crippen molar-refractivity contribution in [2.75, 3.05) is 0 Å². The van der Waals surface area contributed by atoms with Gasteiger partial charge in [0, 0.05) is 11.5 Å². The lowest BCUT2D eigenvalue weighted by Gasteiger charge is -2.42. The zero-order chi connectivity index (χ0) is 13.4. The van der Waals surface area contributed by atoms with Gasteiger partial charge in [-0.25, -0.2) is 0 Å². The van der Waals surface area contributed by atoms with Crippen molar-refractivity contribution in [3.05, 3.63) is 0 Å². The van der Waals surface area contributed by atoms with Gasteiger partial charge in [-0.2, -0.15) is 0 Å². The van der Waals surface area contributed by atoms with E-state index in [9.17, 15) is 9.59 Å². The summed E-state index contributed by atoms with van der Waals surface area (Å²) in [4.78, 5) is 24.5. The Hall–Kier alpha value is -0.700. The molecule has 0 saturated heterocycles. The van der Waals surface area contributed by atoms with Crippen LogP contribution >= 0.6 is 0 Å². The summed E-state index contributed by atoms with van der Waals surface area (Å²) in [6, 6.07) is 0.122. The summed E-state index contributed by atoms with van der Waals surface area (Å²) in [5.74, 6) is 0.110. The highest BCUT2D eigenvalue weighted by Crippen LogP contribution is 2.40. The molecule has 1 aliphatic rings. The predicted octanol–water partition coefficient (Wildman–Crippen LogP) is 2.34. The van der Waals surface area contributed by atoms with Crippen LogP contribution in [0.25, 0.3) is 0 Å². The van der Waals surface area contributed by atoms with Crippen LogP contribution in [0.3, 0.4) is 0 Å². The van der Waals surface area contributed by atoms with Crippen LogP contribution in [-0.2, 0) is 9.59 Å². The third kappa shape index (κ3) is 2.59. The van der Waals surface area contributed by atoms with Crippen LogP contribution in [0.4, 0.5) is 0 Å². The van der Waals surface area contributed by atoms with Crippen LogP contribution in [0.1, 0.15) is 54.4 Å². The van der Waals surface area contributed by atoms with Crippen molar-refractivity contribution in [3.63, 3.8) is 0 Å². The summed E-state index contributed by atoms with van der Waals surface area (Å²) in [5.41, 5.74) is -1.27. The summed E-state index contributed by atoms with van der Waals surface area (Å²) < 4.78 is 0. The molecule has 1 rings (SSSR count). The zero-order valence-electron chi connectivity index (χ0n) is 11.9. The Labute approximate surface area is 104 Å². The standard InChI is InChI=1S/C14H25NO2/c1-7-9(2)15-10-8-13(3,4)12(17)14(5,6)11(10)16/h9-10,15H,7-8H2,1-6H3. The molecule has 2 unspecified atom stereocenters. The van der Waals surface area contributed by atoms with E-state index in [1.54, 1.807) is 13.8 Å². The molecule has 1 fully saturated rings. The van der Waals surface area contributed by atoms with E-state index in [0.717, 1.165) is 6.42 Å². The number of hydrogen-bond donors (Lipinski definition) is 1. The minimum Gasteiger partial charge on any atom is -0.305 e. The summed E-state index contributed by atoms with van der Waals surface area (Å²) in [5, 5.41) is 3.35. The predicted molar refractivity (Wildman–Crippen MR) is 68.9 cm³/mol. The molecule has 0 aromatic carbocycles. The fourth-order valence-electron chi connectivity index (χ4n) is 2.69. The van der Waals surface area contributed by atoms with Gasteiger partial charge >= 0.3 is 0 Å². The van der Waals surface area contributed by atoms with Crippen LogP contribution in [0.15, 0.2) is 0 Å². The van der Waals surface area contributed by atoms with Gasteiger partial charge in [0.05, 0.1) is 11.5 Å².